The lowest BCUT2D eigenvalue weighted by molar-refractivity contribution is 0.0939. The Labute approximate surface area is 134 Å². The average Bonchev–Trinajstić information content (AvgIpc) is 2.98. The average molecular weight is 317 g/mol. The van der Waals surface area contributed by atoms with Crippen LogP contribution < -0.4 is 14.8 Å². The molecule has 1 aromatic carbocycles. The number of ether oxygens (including phenoxy) is 2. The van der Waals surface area contributed by atoms with Gasteiger partial charge in [0.25, 0.3) is 5.91 Å². The Hall–Kier alpha value is -2.01. The van der Waals surface area contributed by atoms with E-state index < -0.39 is 0 Å². The molecule has 0 spiro atoms. The molecule has 2 aromatic rings. The molecule has 1 atom stereocenters. The van der Waals surface area contributed by atoms with Crippen molar-refractivity contribution in [2.45, 2.75) is 25.8 Å². The molecule has 22 heavy (non-hydrogen) atoms. The number of carbonyl (C=O) groups is 1. The van der Waals surface area contributed by atoms with Crippen molar-refractivity contribution in [3.05, 3.63) is 46.2 Å². The van der Waals surface area contributed by atoms with Gasteiger partial charge in [-0.1, -0.05) is 19.1 Å². The summed E-state index contributed by atoms with van der Waals surface area (Å²) >= 11 is 1.45. The molecule has 5 heteroatoms. The van der Waals surface area contributed by atoms with Crippen molar-refractivity contribution in [1.82, 2.24) is 5.32 Å². The largest absolute Gasteiger partial charge is 0.490 e. The predicted molar refractivity (Wildman–Crippen MR) is 86.9 cm³/mol. The third-order valence-corrected chi connectivity index (χ3v) is 4.50. The van der Waals surface area contributed by atoms with Crippen LogP contribution in [-0.2, 0) is 0 Å². The Morgan fingerprint density at radius 3 is 2.82 bits per heavy atom. The van der Waals surface area contributed by atoms with E-state index in [-0.39, 0.29) is 11.9 Å². The number of nitrogens with one attached hydrogen (secondary N) is 1. The maximum Gasteiger partial charge on any atom is 0.261 e. The zero-order valence-corrected chi connectivity index (χ0v) is 13.3. The fraction of sp³-hybridized carbons (Fsp3) is 0.353. The van der Waals surface area contributed by atoms with Crippen LogP contribution in [0.15, 0.2) is 35.7 Å². The highest BCUT2D eigenvalue weighted by atomic mass is 32.1. The summed E-state index contributed by atoms with van der Waals surface area (Å²) < 4.78 is 11.4. The van der Waals surface area contributed by atoms with Gasteiger partial charge >= 0.3 is 0 Å². The van der Waals surface area contributed by atoms with Gasteiger partial charge in [0, 0.05) is 6.42 Å². The summed E-state index contributed by atoms with van der Waals surface area (Å²) in [5, 5.41) is 4.99. The third kappa shape index (κ3) is 3.25. The van der Waals surface area contributed by atoms with Gasteiger partial charge in [-0.2, -0.15) is 0 Å². The summed E-state index contributed by atoms with van der Waals surface area (Å²) in [4.78, 5) is 13.0. The van der Waals surface area contributed by atoms with E-state index in [1.807, 2.05) is 35.7 Å². The van der Waals surface area contributed by atoms with Gasteiger partial charge in [0.15, 0.2) is 11.5 Å². The smallest absolute Gasteiger partial charge is 0.261 e. The summed E-state index contributed by atoms with van der Waals surface area (Å²) in [5.41, 5.74) is 1.04. The van der Waals surface area contributed by atoms with E-state index in [1.165, 1.54) is 11.3 Å². The van der Waals surface area contributed by atoms with Crippen molar-refractivity contribution < 1.29 is 14.3 Å². The molecule has 0 bridgehead atoms. The molecule has 0 aliphatic carbocycles. The molecule has 0 saturated heterocycles. The van der Waals surface area contributed by atoms with Crippen LogP contribution in [-0.4, -0.2) is 19.1 Å². The third-order valence-electron chi connectivity index (χ3n) is 3.63. The zero-order valence-electron chi connectivity index (χ0n) is 12.5. The maximum absolute atomic E-state index is 12.2. The molecule has 0 radical (unpaired) electrons. The lowest BCUT2D eigenvalue weighted by atomic mass is 10.0. The maximum atomic E-state index is 12.2. The van der Waals surface area contributed by atoms with Gasteiger partial charge in [-0.25, -0.2) is 0 Å². The number of benzene rings is 1. The minimum Gasteiger partial charge on any atom is -0.490 e. The van der Waals surface area contributed by atoms with E-state index in [4.69, 9.17) is 9.47 Å². The van der Waals surface area contributed by atoms with Crippen molar-refractivity contribution >= 4 is 17.2 Å². The Morgan fingerprint density at radius 2 is 2.09 bits per heavy atom. The molecule has 1 N–H and O–H groups in total. The Bertz CT molecular complexity index is 639. The van der Waals surface area contributed by atoms with Gasteiger partial charge < -0.3 is 14.8 Å². The van der Waals surface area contributed by atoms with Gasteiger partial charge in [0.1, 0.15) is 0 Å². The molecule has 0 fully saturated rings. The topological polar surface area (TPSA) is 47.6 Å². The molecule has 1 aliphatic heterocycles. The van der Waals surface area contributed by atoms with Crippen LogP contribution in [0.4, 0.5) is 0 Å². The number of hydrogen-bond donors (Lipinski definition) is 1. The first-order chi connectivity index (χ1) is 10.8. The minimum absolute atomic E-state index is 0.0334. The van der Waals surface area contributed by atoms with Crippen LogP contribution >= 0.6 is 11.3 Å². The van der Waals surface area contributed by atoms with Crippen molar-refractivity contribution in [2.24, 2.45) is 0 Å². The molecular weight excluding hydrogens is 298 g/mol. The number of hydrogen-bond acceptors (Lipinski definition) is 4. The van der Waals surface area contributed by atoms with E-state index in [9.17, 15) is 4.79 Å². The fourth-order valence-electron chi connectivity index (χ4n) is 2.45. The van der Waals surface area contributed by atoms with Crippen molar-refractivity contribution in [3.8, 4) is 11.5 Å². The Kier molecular flexibility index (Phi) is 4.63. The van der Waals surface area contributed by atoms with E-state index >= 15 is 0 Å². The van der Waals surface area contributed by atoms with Gasteiger partial charge in [-0.15, -0.1) is 11.3 Å². The second kappa shape index (κ2) is 6.83. The summed E-state index contributed by atoms with van der Waals surface area (Å²) in [6, 6.07) is 9.58. The standard InChI is InChI=1S/C17H19NO3S/c1-2-13(18-17(19)16-5-3-10-22-16)12-6-7-14-15(11-12)21-9-4-8-20-14/h3,5-7,10-11,13H,2,4,8-9H2,1H3,(H,18,19)/t13-/m0/s1. The highest BCUT2D eigenvalue weighted by molar-refractivity contribution is 7.12. The molecule has 0 unspecified atom stereocenters. The van der Waals surface area contributed by atoms with Gasteiger partial charge in [0.05, 0.1) is 24.1 Å². The van der Waals surface area contributed by atoms with Crippen molar-refractivity contribution in [2.75, 3.05) is 13.2 Å². The van der Waals surface area contributed by atoms with E-state index in [0.717, 1.165) is 34.8 Å². The first kappa shape index (κ1) is 14.9. The van der Waals surface area contributed by atoms with Gasteiger partial charge in [-0.3, -0.25) is 4.79 Å². The quantitative estimate of drug-likeness (QED) is 0.933. The normalized spacial score (nSPS) is 15.0. The van der Waals surface area contributed by atoms with Crippen LogP contribution in [0.2, 0.25) is 0 Å². The summed E-state index contributed by atoms with van der Waals surface area (Å²) in [7, 11) is 0. The Balaban J connectivity index is 1.78. The monoisotopic (exact) mass is 317 g/mol. The number of amides is 1. The first-order valence-electron chi connectivity index (χ1n) is 7.52. The van der Waals surface area contributed by atoms with E-state index in [0.29, 0.717) is 13.2 Å². The number of carbonyl (C=O) groups excluding carboxylic acids is 1. The van der Waals surface area contributed by atoms with Crippen molar-refractivity contribution in [1.29, 1.82) is 0 Å². The van der Waals surface area contributed by atoms with E-state index in [2.05, 4.69) is 12.2 Å². The first-order valence-corrected chi connectivity index (χ1v) is 8.40. The molecule has 116 valence electrons. The summed E-state index contributed by atoms with van der Waals surface area (Å²) in [6.45, 7) is 3.40. The Morgan fingerprint density at radius 1 is 1.27 bits per heavy atom. The molecule has 1 aliphatic rings. The summed E-state index contributed by atoms with van der Waals surface area (Å²) in [6.07, 6.45) is 1.70. The predicted octanol–water partition coefficient (Wildman–Crippen LogP) is 3.79. The molecular formula is C17H19NO3S. The lowest BCUT2D eigenvalue weighted by Crippen LogP contribution is -2.27. The van der Waals surface area contributed by atoms with Crippen LogP contribution in [0.25, 0.3) is 0 Å². The van der Waals surface area contributed by atoms with Crippen LogP contribution in [0.3, 0.4) is 0 Å². The minimum atomic E-state index is -0.0354. The second-order valence-corrected chi connectivity index (χ2v) is 6.12. The number of rotatable bonds is 4. The summed E-state index contributed by atoms with van der Waals surface area (Å²) in [5.74, 6) is 1.51. The molecule has 3 rings (SSSR count). The molecule has 1 aromatic heterocycles. The highest BCUT2D eigenvalue weighted by Crippen LogP contribution is 2.33. The number of fused-ring (bicyclic) bond motifs is 1. The molecule has 4 nitrogen and oxygen atoms in total. The van der Waals surface area contributed by atoms with Crippen molar-refractivity contribution in [3.63, 3.8) is 0 Å². The zero-order chi connectivity index (χ0) is 15.4. The highest BCUT2D eigenvalue weighted by Gasteiger charge is 2.18. The SMILES string of the molecule is CC[C@H](NC(=O)c1cccs1)c1ccc2c(c1)OCCCO2. The van der Waals surface area contributed by atoms with Crippen LogP contribution in [0.1, 0.15) is 41.0 Å². The van der Waals surface area contributed by atoms with Crippen LogP contribution in [0, 0.1) is 0 Å². The second-order valence-electron chi connectivity index (χ2n) is 5.17. The molecule has 0 saturated carbocycles. The molecule has 1 amide bonds. The van der Waals surface area contributed by atoms with Crippen LogP contribution in [0.5, 0.6) is 11.5 Å². The number of thiophene rings is 1. The fourth-order valence-corrected chi connectivity index (χ4v) is 3.08. The van der Waals surface area contributed by atoms with E-state index in [1.54, 1.807) is 0 Å². The molecule has 2 heterocycles. The van der Waals surface area contributed by atoms with Gasteiger partial charge in [0.2, 0.25) is 0 Å². The van der Waals surface area contributed by atoms with Gasteiger partial charge in [-0.05, 0) is 35.6 Å². The lowest BCUT2D eigenvalue weighted by Gasteiger charge is -2.18.